The Hall–Kier alpha value is -2.41. The maximum Gasteiger partial charge on any atom is 0.328 e. The number of carbonyl (C=O) groups is 1. The molecule has 2 N–H and O–H groups in total. The molecule has 1 amide bonds. The third kappa shape index (κ3) is 4.35. The molecule has 0 radical (unpaired) electrons. The first-order chi connectivity index (χ1) is 13.4. The molecule has 0 aliphatic heterocycles. The van der Waals surface area contributed by atoms with Crippen LogP contribution in [0.25, 0.3) is 10.9 Å². The Bertz CT molecular complexity index is 937. The number of benzene rings is 1. The average molecular weight is 386 g/mol. The highest BCUT2D eigenvalue weighted by Gasteiger charge is 2.33. The molecule has 1 aliphatic rings. The summed E-state index contributed by atoms with van der Waals surface area (Å²) in [6, 6.07) is 6.95. The maximum atomic E-state index is 12.5. The van der Waals surface area contributed by atoms with E-state index in [0.717, 1.165) is 12.8 Å². The highest BCUT2D eigenvalue weighted by molar-refractivity contribution is 5.78. The van der Waals surface area contributed by atoms with Crippen LogP contribution in [0.2, 0.25) is 0 Å². The molecule has 0 saturated heterocycles. The van der Waals surface area contributed by atoms with E-state index in [1.54, 1.807) is 24.3 Å². The Labute approximate surface area is 164 Å². The maximum absolute atomic E-state index is 12.5. The van der Waals surface area contributed by atoms with Crippen LogP contribution in [-0.4, -0.2) is 46.5 Å². The van der Waals surface area contributed by atoms with E-state index in [9.17, 15) is 14.4 Å². The van der Waals surface area contributed by atoms with Crippen LogP contribution in [0.3, 0.4) is 0 Å². The summed E-state index contributed by atoms with van der Waals surface area (Å²) in [7, 11) is 4.17. The Morgan fingerprint density at radius 1 is 1.14 bits per heavy atom. The lowest BCUT2D eigenvalue weighted by Crippen LogP contribution is -2.52. The van der Waals surface area contributed by atoms with Gasteiger partial charge in [-0.15, -0.1) is 0 Å². The standard InChI is InChI=1S/C21H30N4O3/c1-24(2)21(12-7-3-4-8-13-21)15-22-18(26)11-14-25-17-10-6-5-9-16(17)19(27)23-20(25)28/h5-6,9-10H,3-4,7-8,11-15H2,1-2H3,(H,22,26)(H,23,27,28). The summed E-state index contributed by atoms with van der Waals surface area (Å²) in [6.07, 6.45) is 7.26. The number of aryl methyl sites for hydroxylation is 1. The van der Waals surface area contributed by atoms with Crippen molar-refractivity contribution in [3.8, 4) is 0 Å². The van der Waals surface area contributed by atoms with E-state index in [1.165, 1.54) is 30.3 Å². The zero-order valence-electron chi connectivity index (χ0n) is 16.8. The summed E-state index contributed by atoms with van der Waals surface area (Å²) in [6.45, 7) is 0.858. The Morgan fingerprint density at radius 2 is 1.82 bits per heavy atom. The first-order valence-corrected chi connectivity index (χ1v) is 10.1. The second-order valence-electron chi connectivity index (χ2n) is 7.99. The van der Waals surface area contributed by atoms with Crippen molar-refractivity contribution in [1.82, 2.24) is 19.8 Å². The van der Waals surface area contributed by atoms with Gasteiger partial charge in [0.1, 0.15) is 0 Å². The summed E-state index contributed by atoms with van der Waals surface area (Å²) < 4.78 is 1.46. The van der Waals surface area contributed by atoms with Gasteiger partial charge in [-0.25, -0.2) is 4.79 Å². The topological polar surface area (TPSA) is 87.2 Å². The molecule has 1 aromatic carbocycles. The van der Waals surface area contributed by atoms with Crippen LogP contribution in [0.4, 0.5) is 0 Å². The van der Waals surface area contributed by atoms with Gasteiger partial charge >= 0.3 is 5.69 Å². The molecule has 1 fully saturated rings. The van der Waals surface area contributed by atoms with Crippen LogP contribution in [0.5, 0.6) is 0 Å². The molecule has 3 rings (SSSR count). The molecule has 0 bridgehead atoms. The number of fused-ring (bicyclic) bond motifs is 1. The predicted octanol–water partition coefficient (Wildman–Crippen LogP) is 1.85. The quantitative estimate of drug-likeness (QED) is 0.742. The number of hydrogen-bond acceptors (Lipinski definition) is 4. The second-order valence-corrected chi connectivity index (χ2v) is 7.99. The number of nitrogens with zero attached hydrogens (tertiary/aromatic N) is 2. The Kier molecular flexibility index (Phi) is 6.34. The molecule has 28 heavy (non-hydrogen) atoms. The van der Waals surface area contributed by atoms with Crippen LogP contribution >= 0.6 is 0 Å². The summed E-state index contributed by atoms with van der Waals surface area (Å²) in [5, 5.41) is 3.53. The van der Waals surface area contributed by atoms with Crippen molar-refractivity contribution in [1.29, 1.82) is 0 Å². The number of hydrogen-bond donors (Lipinski definition) is 2. The minimum atomic E-state index is -0.481. The molecule has 152 valence electrons. The van der Waals surface area contributed by atoms with Crippen LogP contribution in [-0.2, 0) is 11.3 Å². The number of nitrogens with one attached hydrogen (secondary N) is 2. The highest BCUT2D eigenvalue weighted by atomic mass is 16.2. The van der Waals surface area contributed by atoms with Gasteiger partial charge in [-0.3, -0.25) is 19.1 Å². The number of rotatable bonds is 6. The number of para-hydroxylation sites is 1. The van der Waals surface area contributed by atoms with E-state index < -0.39 is 11.2 Å². The summed E-state index contributed by atoms with van der Waals surface area (Å²) in [5.74, 6) is -0.0762. The number of carbonyl (C=O) groups excluding carboxylic acids is 1. The second kappa shape index (κ2) is 8.73. The molecular formula is C21H30N4O3. The summed E-state index contributed by atoms with van der Waals surface area (Å²) >= 11 is 0. The number of H-pyrrole nitrogens is 1. The fourth-order valence-corrected chi connectivity index (χ4v) is 4.20. The van der Waals surface area contributed by atoms with Gasteiger partial charge in [0.05, 0.1) is 10.9 Å². The van der Waals surface area contributed by atoms with Gasteiger partial charge in [-0.1, -0.05) is 37.8 Å². The van der Waals surface area contributed by atoms with E-state index in [-0.39, 0.29) is 24.4 Å². The minimum Gasteiger partial charge on any atom is -0.354 e. The van der Waals surface area contributed by atoms with E-state index in [1.807, 2.05) is 0 Å². The van der Waals surface area contributed by atoms with Crippen molar-refractivity contribution in [3.05, 3.63) is 45.1 Å². The van der Waals surface area contributed by atoms with Gasteiger partial charge in [-0.05, 0) is 39.1 Å². The average Bonchev–Trinajstić information content (AvgIpc) is 2.93. The van der Waals surface area contributed by atoms with Crippen molar-refractivity contribution in [2.24, 2.45) is 0 Å². The zero-order chi connectivity index (χ0) is 20.1. The van der Waals surface area contributed by atoms with Crippen molar-refractivity contribution < 1.29 is 4.79 Å². The minimum absolute atomic E-state index is 0.00762. The lowest BCUT2D eigenvalue weighted by Gasteiger charge is -2.39. The lowest BCUT2D eigenvalue weighted by molar-refractivity contribution is -0.122. The van der Waals surface area contributed by atoms with Crippen LogP contribution < -0.4 is 16.6 Å². The molecule has 7 nitrogen and oxygen atoms in total. The SMILES string of the molecule is CN(C)C1(CNC(=O)CCn2c(=O)[nH]c(=O)c3ccccc32)CCCCCC1. The van der Waals surface area contributed by atoms with Gasteiger partial charge < -0.3 is 10.2 Å². The molecule has 0 atom stereocenters. The molecule has 0 unspecified atom stereocenters. The van der Waals surface area contributed by atoms with Crippen LogP contribution in [0.15, 0.2) is 33.9 Å². The molecule has 0 spiro atoms. The Morgan fingerprint density at radius 3 is 2.50 bits per heavy atom. The summed E-state index contributed by atoms with van der Waals surface area (Å²) in [5.41, 5.74) is -0.321. The number of aromatic amines is 1. The highest BCUT2D eigenvalue weighted by Crippen LogP contribution is 2.30. The molecule has 2 aromatic rings. The van der Waals surface area contributed by atoms with Crippen LogP contribution in [0, 0.1) is 0 Å². The van der Waals surface area contributed by atoms with Crippen molar-refractivity contribution in [2.75, 3.05) is 20.6 Å². The Balaban J connectivity index is 1.67. The van der Waals surface area contributed by atoms with E-state index >= 15 is 0 Å². The van der Waals surface area contributed by atoms with Gasteiger partial charge in [0, 0.05) is 25.0 Å². The lowest BCUT2D eigenvalue weighted by atomic mass is 9.88. The summed E-state index contributed by atoms with van der Waals surface area (Å²) in [4.78, 5) is 41.2. The predicted molar refractivity (Wildman–Crippen MR) is 111 cm³/mol. The molecule has 1 saturated carbocycles. The van der Waals surface area contributed by atoms with Crippen molar-refractivity contribution in [2.45, 2.75) is 57.0 Å². The normalized spacial score (nSPS) is 16.8. The number of likely N-dealkylation sites (N-methyl/N-ethyl adjacent to an activating group) is 1. The first-order valence-electron chi connectivity index (χ1n) is 10.1. The molecule has 1 aromatic heterocycles. The fraction of sp³-hybridized carbons (Fsp3) is 0.571. The molecular weight excluding hydrogens is 356 g/mol. The number of amides is 1. The van der Waals surface area contributed by atoms with E-state index in [4.69, 9.17) is 0 Å². The van der Waals surface area contributed by atoms with Gasteiger partial charge in [0.25, 0.3) is 5.56 Å². The largest absolute Gasteiger partial charge is 0.354 e. The third-order valence-corrected chi connectivity index (χ3v) is 6.07. The monoisotopic (exact) mass is 386 g/mol. The smallest absolute Gasteiger partial charge is 0.328 e. The number of aromatic nitrogens is 2. The van der Waals surface area contributed by atoms with Gasteiger partial charge in [0.2, 0.25) is 5.91 Å². The molecule has 1 heterocycles. The third-order valence-electron chi connectivity index (χ3n) is 6.07. The van der Waals surface area contributed by atoms with Crippen molar-refractivity contribution >= 4 is 16.8 Å². The van der Waals surface area contributed by atoms with Gasteiger partial charge in [0.15, 0.2) is 0 Å². The fourth-order valence-electron chi connectivity index (χ4n) is 4.20. The molecule has 1 aliphatic carbocycles. The molecule has 7 heteroatoms. The van der Waals surface area contributed by atoms with E-state index in [0.29, 0.717) is 17.4 Å². The van der Waals surface area contributed by atoms with E-state index in [2.05, 4.69) is 29.3 Å². The zero-order valence-corrected chi connectivity index (χ0v) is 16.8. The van der Waals surface area contributed by atoms with Crippen LogP contribution in [0.1, 0.15) is 44.9 Å². The first kappa shape index (κ1) is 20.3. The van der Waals surface area contributed by atoms with Crippen molar-refractivity contribution in [3.63, 3.8) is 0 Å². The van der Waals surface area contributed by atoms with Gasteiger partial charge in [-0.2, -0.15) is 0 Å².